The minimum absolute atomic E-state index is 0.346. The minimum Gasteiger partial charge on any atom is -0.368 e. The number of nitrogens with one attached hydrogen (secondary N) is 1. The first-order chi connectivity index (χ1) is 9.99. The van der Waals surface area contributed by atoms with Crippen LogP contribution in [0.25, 0.3) is 0 Å². The van der Waals surface area contributed by atoms with Crippen LogP contribution < -0.4 is 11.1 Å². The van der Waals surface area contributed by atoms with E-state index in [-0.39, 0.29) is 5.91 Å². The molecule has 0 bridgehead atoms. The van der Waals surface area contributed by atoms with Gasteiger partial charge in [-0.05, 0) is 36.6 Å². The van der Waals surface area contributed by atoms with Crippen LogP contribution in [0.2, 0.25) is 0 Å². The van der Waals surface area contributed by atoms with Gasteiger partial charge in [0.25, 0.3) is 0 Å². The van der Waals surface area contributed by atoms with E-state index in [0.29, 0.717) is 13.0 Å². The van der Waals surface area contributed by atoms with Gasteiger partial charge >= 0.3 is 0 Å². The number of hydrogen-bond donors (Lipinski definition) is 2. The van der Waals surface area contributed by atoms with E-state index in [4.69, 9.17) is 5.73 Å². The summed E-state index contributed by atoms with van der Waals surface area (Å²) >= 11 is 3.41. The summed E-state index contributed by atoms with van der Waals surface area (Å²) in [5.74, 6) is -0.346. The van der Waals surface area contributed by atoms with Crippen molar-refractivity contribution < 1.29 is 4.79 Å². The highest BCUT2D eigenvalue weighted by atomic mass is 79.9. The van der Waals surface area contributed by atoms with Crippen LogP contribution in [0, 0.1) is 0 Å². The van der Waals surface area contributed by atoms with E-state index in [1.54, 1.807) is 0 Å². The fraction of sp³-hybridized carbons (Fsp3) is 0.235. The first-order valence-corrected chi connectivity index (χ1v) is 7.62. The van der Waals surface area contributed by atoms with Gasteiger partial charge in [-0.2, -0.15) is 0 Å². The highest BCUT2D eigenvalue weighted by Crippen LogP contribution is 2.17. The second-order valence-electron chi connectivity index (χ2n) is 5.34. The van der Waals surface area contributed by atoms with Crippen LogP contribution in [-0.4, -0.2) is 11.4 Å². The first kappa shape index (κ1) is 15.7. The normalized spacial score (nSPS) is 13.6. The number of rotatable bonds is 6. The maximum Gasteiger partial charge on any atom is 0.237 e. The van der Waals surface area contributed by atoms with E-state index in [1.165, 1.54) is 0 Å². The molecule has 3 N–H and O–H groups in total. The number of halogens is 1. The third-order valence-corrected chi connectivity index (χ3v) is 4.07. The number of primary amides is 1. The molecule has 0 aliphatic heterocycles. The van der Waals surface area contributed by atoms with Crippen LogP contribution in [-0.2, 0) is 17.8 Å². The van der Waals surface area contributed by atoms with Crippen molar-refractivity contribution in [3.8, 4) is 0 Å². The molecule has 1 amide bonds. The Morgan fingerprint density at radius 3 is 2.29 bits per heavy atom. The maximum atomic E-state index is 11.9. The molecule has 4 heteroatoms. The molecule has 0 fully saturated rings. The quantitative estimate of drug-likeness (QED) is 0.844. The second-order valence-corrected chi connectivity index (χ2v) is 6.25. The average Bonchev–Trinajstić information content (AvgIpc) is 2.48. The molecular weight excluding hydrogens is 328 g/mol. The lowest BCUT2D eigenvalue weighted by molar-refractivity contribution is -0.123. The van der Waals surface area contributed by atoms with Crippen molar-refractivity contribution in [1.82, 2.24) is 5.32 Å². The zero-order valence-electron chi connectivity index (χ0n) is 12.0. The third-order valence-electron chi connectivity index (χ3n) is 3.54. The van der Waals surface area contributed by atoms with Crippen molar-refractivity contribution in [2.45, 2.75) is 25.4 Å². The highest BCUT2D eigenvalue weighted by Gasteiger charge is 2.30. The van der Waals surface area contributed by atoms with Crippen LogP contribution >= 0.6 is 15.9 Å². The molecule has 2 aromatic carbocycles. The Labute approximate surface area is 133 Å². The van der Waals surface area contributed by atoms with Crippen molar-refractivity contribution >= 4 is 21.8 Å². The van der Waals surface area contributed by atoms with Crippen molar-refractivity contribution in [1.29, 1.82) is 0 Å². The van der Waals surface area contributed by atoms with Crippen LogP contribution in [0.4, 0.5) is 0 Å². The number of hydrogen-bond acceptors (Lipinski definition) is 2. The number of nitrogens with two attached hydrogens (primary N) is 1. The van der Waals surface area contributed by atoms with Gasteiger partial charge in [0.2, 0.25) is 5.91 Å². The Kier molecular flexibility index (Phi) is 5.15. The second kappa shape index (κ2) is 6.87. The van der Waals surface area contributed by atoms with E-state index in [0.717, 1.165) is 15.6 Å². The standard InChI is InChI=1S/C17H19BrN2O/c1-17(16(19)21,11-13-7-9-15(18)10-8-13)20-12-14-5-3-2-4-6-14/h2-10,20H,11-12H2,1H3,(H2,19,21). The van der Waals surface area contributed by atoms with Gasteiger partial charge in [-0.25, -0.2) is 0 Å². The zero-order chi connectivity index (χ0) is 15.3. The van der Waals surface area contributed by atoms with E-state index in [2.05, 4.69) is 21.2 Å². The van der Waals surface area contributed by atoms with Gasteiger partial charge in [0, 0.05) is 11.0 Å². The predicted molar refractivity (Wildman–Crippen MR) is 88.7 cm³/mol. The number of carbonyl (C=O) groups excluding carboxylic acids is 1. The molecule has 0 saturated carbocycles. The van der Waals surface area contributed by atoms with Gasteiger partial charge in [-0.3, -0.25) is 10.1 Å². The summed E-state index contributed by atoms with van der Waals surface area (Å²) in [6, 6.07) is 17.9. The molecule has 0 aromatic heterocycles. The summed E-state index contributed by atoms with van der Waals surface area (Å²) in [7, 11) is 0. The number of carbonyl (C=O) groups is 1. The molecule has 0 heterocycles. The van der Waals surface area contributed by atoms with Gasteiger partial charge in [0.05, 0.1) is 5.54 Å². The molecule has 0 spiro atoms. The molecule has 110 valence electrons. The fourth-order valence-corrected chi connectivity index (χ4v) is 2.40. The van der Waals surface area contributed by atoms with Crippen molar-refractivity contribution in [2.24, 2.45) is 5.73 Å². The lowest BCUT2D eigenvalue weighted by Gasteiger charge is -2.28. The smallest absolute Gasteiger partial charge is 0.237 e. The van der Waals surface area contributed by atoms with Gasteiger partial charge < -0.3 is 5.73 Å². The Morgan fingerprint density at radius 1 is 1.10 bits per heavy atom. The van der Waals surface area contributed by atoms with Crippen LogP contribution in [0.1, 0.15) is 18.1 Å². The first-order valence-electron chi connectivity index (χ1n) is 6.83. The molecule has 0 radical (unpaired) electrons. The van der Waals surface area contributed by atoms with Crippen molar-refractivity contribution in [2.75, 3.05) is 0 Å². The predicted octanol–water partition coefficient (Wildman–Crippen LogP) is 3.03. The molecular formula is C17H19BrN2O. The molecule has 0 aliphatic carbocycles. The van der Waals surface area contributed by atoms with E-state index >= 15 is 0 Å². The van der Waals surface area contributed by atoms with Gasteiger partial charge in [-0.15, -0.1) is 0 Å². The molecule has 1 atom stereocenters. The molecule has 2 aromatic rings. The largest absolute Gasteiger partial charge is 0.368 e. The Balaban J connectivity index is 2.09. The molecule has 3 nitrogen and oxygen atoms in total. The van der Waals surface area contributed by atoms with Crippen molar-refractivity contribution in [3.05, 3.63) is 70.2 Å². The monoisotopic (exact) mass is 346 g/mol. The lowest BCUT2D eigenvalue weighted by atomic mass is 9.91. The van der Waals surface area contributed by atoms with Gasteiger partial charge in [0.1, 0.15) is 0 Å². The minimum atomic E-state index is -0.774. The van der Waals surface area contributed by atoms with Gasteiger partial charge in [0.15, 0.2) is 0 Å². The Hall–Kier alpha value is -1.65. The highest BCUT2D eigenvalue weighted by molar-refractivity contribution is 9.10. The number of benzene rings is 2. The lowest BCUT2D eigenvalue weighted by Crippen LogP contribution is -2.54. The average molecular weight is 347 g/mol. The number of amides is 1. The summed E-state index contributed by atoms with van der Waals surface area (Å²) in [5, 5.41) is 3.29. The van der Waals surface area contributed by atoms with Crippen molar-refractivity contribution in [3.63, 3.8) is 0 Å². The molecule has 0 aliphatic rings. The summed E-state index contributed by atoms with van der Waals surface area (Å²) in [6.45, 7) is 2.46. The summed E-state index contributed by atoms with van der Waals surface area (Å²) in [4.78, 5) is 11.9. The van der Waals surface area contributed by atoms with E-state index < -0.39 is 5.54 Å². The van der Waals surface area contributed by atoms with Crippen LogP contribution in [0.5, 0.6) is 0 Å². The van der Waals surface area contributed by atoms with Gasteiger partial charge in [-0.1, -0.05) is 58.4 Å². The van der Waals surface area contributed by atoms with Crippen LogP contribution in [0.15, 0.2) is 59.1 Å². The molecule has 0 saturated heterocycles. The molecule has 21 heavy (non-hydrogen) atoms. The Bertz CT molecular complexity index is 598. The van der Waals surface area contributed by atoms with E-state index in [1.807, 2.05) is 61.5 Å². The summed E-state index contributed by atoms with van der Waals surface area (Å²) < 4.78 is 1.02. The SMILES string of the molecule is CC(Cc1ccc(Br)cc1)(NCc1ccccc1)C(N)=O. The topological polar surface area (TPSA) is 55.1 Å². The molecule has 1 unspecified atom stereocenters. The summed E-state index contributed by atoms with van der Waals surface area (Å²) in [6.07, 6.45) is 0.558. The summed E-state index contributed by atoms with van der Waals surface area (Å²) in [5.41, 5.74) is 7.02. The Morgan fingerprint density at radius 2 is 1.71 bits per heavy atom. The maximum absolute atomic E-state index is 11.9. The van der Waals surface area contributed by atoms with E-state index in [9.17, 15) is 4.79 Å². The third kappa shape index (κ3) is 4.41. The zero-order valence-corrected chi connectivity index (χ0v) is 13.6. The molecule has 2 rings (SSSR count). The van der Waals surface area contributed by atoms with Crippen LogP contribution in [0.3, 0.4) is 0 Å². The fourth-order valence-electron chi connectivity index (χ4n) is 2.14.